The number of hydrogen-bond donors (Lipinski definition) is 1. The highest BCUT2D eigenvalue weighted by molar-refractivity contribution is 6.08. The Morgan fingerprint density at radius 1 is 0.900 bits per heavy atom. The van der Waals surface area contributed by atoms with E-state index < -0.39 is 0 Å². The molecule has 0 bridgehead atoms. The van der Waals surface area contributed by atoms with Crippen molar-refractivity contribution in [2.75, 3.05) is 0 Å². The van der Waals surface area contributed by atoms with Crippen molar-refractivity contribution in [1.29, 1.82) is 0 Å². The maximum Gasteiger partial charge on any atom is 0.00769 e. The monoisotopic (exact) mass is 285 g/mol. The van der Waals surface area contributed by atoms with Crippen LogP contribution in [-0.4, -0.2) is 6.04 Å². The molecule has 0 amide bonds. The molecule has 20 heavy (non-hydrogen) atoms. The zero-order valence-electron chi connectivity index (χ0n) is 11.7. The average molecular weight is 286 g/mol. The predicted molar refractivity (Wildman–Crippen MR) is 90.7 cm³/mol. The van der Waals surface area contributed by atoms with Crippen molar-refractivity contribution >= 4 is 34.0 Å². The van der Waals surface area contributed by atoms with E-state index in [0.717, 1.165) is 12.8 Å². The van der Waals surface area contributed by atoms with Crippen LogP contribution in [0, 0.1) is 0 Å². The van der Waals surface area contributed by atoms with Gasteiger partial charge in [0.1, 0.15) is 0 Å². The van der Waals surface area contributed by atoms with E-state index in [2.05, 4.69) is 61.5 Å². The van der Waals surface area contributed by atoms with Gasteiger partial charge in [-0.05, 0) is 39.9 Å². The minimum atomic E-state index is 0. The zero-order valence-corrected chi connectivity index (χ0v) is 12.5. The fourth-order valence-electron chi connectivity index (χ4n) is 2.73. The lowest BCUT2D eigenvalue weighted by molar-refractivity contribution is 0.649. The van der Waals surface area contributed by atoms with Gasteiger partial charge in [-0.15, -0.1) is 12.4 Å². The molecule has 1 atom stereocenters. The molecule has 1 unspecified atom stereocenters. The van der Waals surface area contributed by atoms with Gasteiger partial charge in [0.05, 0.1) is 0 Å². The summed E-state index contributed by atoms with van der Waals surface area (Å²) in [6, 6.07) is 19.8. The molecule has 0 aliphatic carbocycles. The lowest BCUT2D eigenvalue weighted by atomic mass is 9.93. The molecule has 0 radical (unpaired) electrons. The van der Waals surface area contributed by atoms with Crippen LogP contribution in [0.2, 0.25) is 0 Å². The Kier molecular flexibility index (Phi) is 4.64. The molecular weight excluding hydrogens is 266 g/mol. The van der Waals surface area contributed by atoms with Crippen molar-refractivity contribution in [2.24, 2.45) is 5.73 Å². The minimum Gasteiger partial charge on any atom is -0.327 e. The normalized spacial score (nSPS) is 12.3. The first-order valence-corrected chi connectivity index (χ1v) is 6.94. The Morgan fingerprint density at radius 3 is 2.20 bits per heavy atom. The van der Waals surface area contributed by atoms with Crippen molar-refractivity contribution in [2.45, 2.75) is 25.8 Å². The number of nitrogens with two attached hydrogens (primary N) is 1. The maximum atomic E-state index is 6.14. The summed E-state index contributed by atoms with van der Waals surface area (Å²) in [5, 5.41) is 5.30. The summed E-state index contributed by atoms with van der Waals surface area (Å²) in [5.41, 5.74) is 7.50. The van der Waals surface area contributed by atoms with E-state index in [1.807, 2.05) is 0 Å². The van der Waals surface area contributed by atoms with Gasteiger partial charge in [0.15, 0.2) is 0 Å². The largest absolute Gasteiger partial charge is 0.327 e. The number of benzene rings is 3. The average Bonchev–Trinajstić information content (AvgIpc) is 2.47. The van der Waals surface area contributed by atoms with Crippen molar-refractivity contribution < 1.29 is 0 Å². The summed E-state index contributed by atoms with van der Waals surface area (Å²) in [6.07, 6.45) is 1.96. The molecule has 0 aliphatic rings. The molecule has 2 heteroatoms. The standard InChI is InChI=1S/C18H19N.ClH/c1-2-15(19)12-14-11-13-7-3-4-8-16(13)18-10-6-5-9-17(14)18;/h3-11,15H,2,12,19H2,1H3;1H. The lowest BCUT2D eigenvalue weighted by Crippen LogP contribution is -2.21. The van der Waals surface area contributed by atoms with E-state index in [0.29, 0.717) is 0 Å². The van der Waals surface area contributed by atoms with E-state index >= 15 is 0 Å². The lowest BCUT2D eigenvalue weighted by Gasteiger charge is -2.13. The fourth-order valence-corrected chi connectivity index (χ4v) is 2.73. The molecule has 0 saturated heterocycles. The molecule has 3 rings (SSSR count). The van der Waals surface area contributed by atoms with Crippen LogP contribution in [0.5, 0.6) is 0 Å². The molecule has 0 aromatic heterocycles. The second-order valence-corrected chi connectivity index (χ2v) is 5.17. The third kappa shape index (κ3) is 2.65. The third-order valence-corrected chi connectivity index (χ3v) is 3.86. The zero-order chi connectivity index (χ0) is 13.2. The fraction of sp³-hybridized carbons (Fsp3) is 0.222. The molecule has 3 aromatic rings. The highest BCUT2D eigenvalue weighted by Crippen LogP contribution is 2.29. The van der Waals surface area contributed by atoms with Gasteiger partial charge in [0, 0.05) is 6.04 Å². The van der Waals surface area contributed by atoms with Gasteiger partial charge >= 0.3 is 0 Å². The summed E-state index contributed by atoms with van der Waals surface area (Å²) in [5.74, 6) is 0. The van der Waals surface area contributed by atoms with Gasteiger partial charge < -0.3 is 5.73 Å². The van der Waals surface area contributed by atoms with Crippen molar-refractivity contribution in [3.05, 3.63) is 60.2 Å². The van der Waals surface area contributed by atoms with Crippen LogP contribution in [0.15, 0.2) is 54.6 Å². The van der Waals surface area contributed by atoms with Crippen LogP contribution >= 0.6 is 12.4 Å². The Labute approximate surface area is 126 Å². The molecule has 0 saturated carbocycles. The van der Waals surface area contributed by atoms with E-state index in [9.17, 15) is 0 Å². The van der Waals surface area contributed by atoms with Gasteiger partial charge in [-0.1, -0.05) is 61.5 Å². The molecular formula is C18H20ClN. The molecule has 1 nitrogen and oxygen atoms in total. The van der Waals surface area contributed by atoms with Crippen LogP contribution in [0.4, 0.5) is 0 Å². The Bertz CT molecular complexity index is 721. The van der Waals surface area contributed by atoms with Gasteiger partial charge in [-0.2, -0.15) is 0 Å². The first-order chi connectivity index (χ1) is 9.29. The molecule has 0 heterocycles. The van der Waals surface area contributed by atoms with Crippen molar-refractivity contribution in [1.82, 2.24) is 0 Å². The summed E-state index contributed by atoms with van der Waals surface area (Å²) < 4.78 is 0. The van der Waals surface area contributed by atoms with Gasteiger partial charge in [0.2, 0.25) is 0 Å². The van der Waals surface area contributed by atoms with Crippen LogP contribution in [0.25, 0.3) is 21.5 Å². The Morgan fingerprint density at radius 2 is 1.50 bits per heavy atom. The Hall–Kier alpha value is -1.57. The van der Waals surface area contributed by atoms with Gasteiger partial charge in [-0.25, -0.2) is 0 Å². The van der Waals surface area contributed by atoms with Crippen molar-refractivity contribution in [3.8, 4) is 0 Å². The van der Waals surface area contributed by atoms with Crippen LogP contribution < -0.4 is 5.73 Å². The molecule has 0 aliphatic heterocycles. The van der Waals surface area contributed by atoms with Crippen LogP contribution in [0.1, 0.15) is 18.9 Å². The van der Waals surface area contributed by atoms with E-state index in [1.165, 1.54) is 27.1 Å². The van der Waals surface area contributed by atoms with Crippen LogP contribution in [-0.2, 0) is 6.42 Å². The summed E-state index contributed by atoms with van der Waals surface area (Å²) >= 11 is 0. The second-order valence-electron chi connectivity index (χ2n) is 5.17. The van der Waals surface area contributed by atoms with Gasteiger partial charge in [0.25, 0.3) is 0 Å². The van der Waals surface area contributed by atoms with E-state index in [4.69, 9.17) is 5.73 Å². The minimum absolute atomic E-state index is 0. The highest BCUT2D eigenvalue weighted by atomic mass is 35.5. The van der Waals surface area contributed by atoms with Gasteiger partial charge in [-0.3, -0.25) is 0 Å². The van der Waals surface area contributed by atoms with E-state index in [1.54, 1.807) is 0 Å². The Balaban J connectivity index is 0.00000147. The van der Waals surface area contributed by atoms with E-state index in [-0.39, 0.29) is 18.4 Å². The maximum absolute atomic E-state index is 6.14. The second kappa shape index (κ2) is 6.25. The first-order valence-electron chi connectivity index (χ1n) is 6.94. The molecule has 0 fully saturated rings. The smallest absolute Gasteiger partial charge is 0.00769 e. The molecule has 104 valence electrons. The van der Waals surface area contributed by atoms with Crippen LogP contribution in [0.3, 0.4) is 0 Å². The molecule has 0 spiro atoms. The third-order valence-electron chi connectivity index (χ3n) is 3.86. The number of hydrogen-bond acceptors (Lipinski definition) is 1. The molecule has 2 N–H and O–H groups in total. The van der Waals surface area contributed by atoms with Crippen molar-refractivity contribution in [3.63, 3.8) is 0 Å². The summed E-state index contributed by atoms with van der Waals surface area (Å²) in [4.78, 5) is 0. The summed E-state index contributed by atoms with van der Waals surface area (Å²) in [7, 11) is 0. The first kappa shape index (κ1) is 14.8. The molecule has 3 aromatic carbocycles. The summed E-state index contributed by atoms with van der Waals surface area (Å²) in [6.45, 7) is 2.15. The predicted octanol–water partition coefficient (Wildman–Crippen LogP) is 4.69. The quantitative estimate of drug-likeness (QED) is 0.694. The number of fused-ring (bicyclic) bond motifs is 3. The highest BCUT2D eigenvalue weighted by Gasteiger charge is 2.08. The number of halogens is 1. The SMILES string of the molecule is CCC(N)Cc1cc2ccccc2c2ccccc12.Cl. The number of rotatable bonds is 3. The topological polar surface area (TPSA) is 26.0 Å².